The molecule has 4 amide bonds. The molecule has 10 nitrogen and oxygen atoms in total. The van der Waals surface area contributed by atoms with Crippen LogP contribution in [0.2, 0.25) is 0 Å². The molecule has 4 heterocycles. The Morgan fingerprint density at radius 3 is 2.71 bits per heavy atom. The number of carbonyl (C=O) groups excluding carboxylic acids is 4. The molecule has 3 saturated heterocycles. The Kier molecular flexibility index (Phi) is 5.96. The summed E-state index contributed by atoms with van der Waals surface area (Å²) in [5.41, 5.74) is 1.25. The molecular formula is C25H29N5O5. The van der Waals surface area contributed by atoms with Gasteiger partial charge in [0.05, 0.1) is 19.6 Å². The number of ether oxygens (including phenoxy) is 1. The summed E-state index contributed by atoms with van der Waals surface area (Å²) in [7, 11) is 3.34. The molecule has 3 aliphatic rings. The number of para-hydroxylation sites is 1. The van der Waals surface area contributed by atoms with Gasteiger partial charge in [-0.05, 0) is 31.0 Å². The molecule has 1 aromatic heterocycles. The predicted octanol–water partition coefficient (Wildman–Crippen LogP) is 0.0750. The third-order valence-corrected chi connectivity index (χ3v) is 7.23. The summed E-state index contributed by atoms with van der Waals surface area (Å²) < 4.78 is 7.08. The first-order valence-corrected chi connectivity index (χ1v) is 11.8. The van der Waals surface area contributed by atoms with E-state index in [0.29, 0.717) is 30.8 Å². The number of rotatable bonds is 5. The molecule has 3 fully saturated rings. The fourth-order valence-corrected chi connectivity index (χ4v) is 5.48. The fourth-order valence-electron chi connectivity index (χ4n) is 5.48. The number of carbonyl (C=O) groups is 4. The summed E-state index contributed by atoms with van der Waals surface area (Å²) in [4.78, 5) is 55.7. The van der Waals surface area contributed by atoms with Crippen LogP contribution >= 0.6 is 0 Å². The zero-order chi connectivity index (χ0) is 24.7. The van der Waals surface area contributed by atoms with Crippen LogP contribution in [0.1, 0.15) is 28.9 Å². The molecule has 2 aromatic rings. The second-order valence-corrected chi connectivity index (χ2v) is 9.34. The number of nitrogens with zero attached hydrogens (tertiary/aromatic N) is 3. The van der Waals surface area contributed by atoms with Crippen molar-refractivity contribution in [1.29, 1.82) is 0 Å². The lowest BCUT2D eigenvalue weighted by Gasteiger charge is -2.29. The normalized spacial score (nSPS) is 25.5. The molecule has 0 radical (unpaired) electrons. The van der Waals surface area contributed by atoms with Crippen LogP contribution in [-0.2, 0) is 27.9 Å². The monoisotopic (exact) mass is 479 g/mol. The summed E-state index contributed by atoms with van der Waals surface area (Å²) in [6.45, 7) is 0.617. The molecule has 3 aliphatic heterocycles. The third kappa shape index (κ3) is 4.13. The fraction of sp³-hybridized carbons (Fsp3) is 0.440. The number of nitrogens with one attached hydrogen (secondary N) is 2. The van der Waals surface area contributed by atoms with Crippen molar-refractivity contribution in [2.24, 2.45) is 7.05 Å². The number of benzene rings is 1. The number of aryl methyl sites for hydroxylation is 1. The lowest BCUT2D eigenvalue weighted by atomic mass is 10.1. The molecule has 2 N–H and O–H groups in total. The summed E-state index contributed by atoms with van der Waals surface area (Å²) in [5, 5.41) is 5.94. The minimum absolute atomic E-state index is 0.104. The number of hydrogen-bond acceptors (Lipinski definition) is 5. The summed E-state index contributed by atoms with van der Waals surface area (Å²) in [6.07, 6.45) is 2.74. The largest absolute Gasteiger partial charge is 0.496 e. The summed E-state index contributed by atoms with van der Waals surface area (Å²) in [5.74, 6) is -0.301. The van der Waals surface area contributed by atoms with Gasteiger partial charge in [-0.2, -0.15) is 0 Å². The van der Waals surface area contributed by atoms with E-state index in [-0.39, 0.29) is 42.6 Å². The Bertz CT molecular complexity index is 1180. The maximum atomic E-state index is 13.7. The first kappa shape index (κ1) is 22.9. The van der Waals surface area contributed by atoms with Crippen LogP contribution in [0.15, 0.2) is 42.6 Å². The van der Waals surface area contributed by atoms with Crippen LogP contribution in [0.3, 0.4) is 0 Å². The van der Waals surface area contributed by atoms with Crippen LogP contribution in [0.25, 0.3) is 0 Å². The van der Waals surface area contributed by atoms with E-state index in [1.807, 2.05) is 18.2 Å². The number of aromatic nitrogens is 1. The van der Waals surface area contributed by atoms with Crippen LogP contribution in [0.4, 0.5) is 0 Å². The molecule has 35 heavy (non-hydrogen) atoms. The van der Waals surface area contributed by atoms with E-state index in [0.717, 1.165) is 5.56 Å². The van der Waals surface area contributed by atoms with E-state index in [1.165, 1.54) is 4.90 Å². The predicted molar refractivity (Wildman–Crippen MR) is 126 cm³/mol. The third-order valence-electron chi connectivity index (χ3n) is 7.23. The Morgan fingerprint density at radius 1 is 1.17 bits per heavy atom. The van der Waals surface area contributed by atoms with Gasteiger partial charge in [-0.15, -0.1) is 0 Å². The Morgan fingerprint density at radius 2 is 1.97 bits per heavy atom. The van der Waals surface area contributed by atoms with Crippen molar-refractivity contribution in [2.45, 2.75) is 43.4 Å². The van der Waals surface area contributed by atoms with Gasteiger partial charge in [0.2, 0.25) is 17.7 Å². The van der Waals surface area contributed by atoms with Crippen molar-refractivity contribution in [2.75, 3.05) is 20.2 Å². The van der Waals surface area contributed by atoms with Gasteiger partial charge < -0.3 is 29.7 Å². The highest BCUT2D eigenvalue weighted by Crippen LogP contribution is 2.30. The van der Waals surface area contributed by atoms with E-state index in [4.69, 9.17) is 4.74 Å². The topological polar surface area (TPSA) is 113 Å². The van der Waals surface area contributed by atoms with E-state index >= 15 is 0 Å². The molecular weight excluding hydrogens is 450 g/mol. The molecule has 5 rings (SSSR count). The molecule has 0 bridgehead atoms. The molecule has 1 aromatic carbocycles. The van der Waals surface area contributed by atoms with Crippen LogP contribution < -0.4 is 15.4 Å². The molecule has 4 unspecified atom stereocenters. The van der Waals surface area contributed by atoms with Gasteiger partial charge in [-0.1, -0.05) is 18.2 Å². The highest BCUT2D eigenvalue weighted by molar-refractivity contribution is 5.97. The van der Waals surface area contributed by atoms with Crippen molar-refractivity contribution < 1.29 is 23.9 Å². The van der Waals surface area contributed by atoms with Gasteiger partial charge in [-0.25, -0.2) is 0 Å². The standard InChI is InChI=1S/C25H29N5O5/c1-28-10-5-7-18(28)23(32)26-16-13-19-24(33)27-17-9-11-29(22(17)25(34)30(19)14-16)21(31)12-15-6-3-4-8-20(15)35-2/h3-8,10,16-17,19,22H,9,11-14H2,1-2H3,(H,26,32)(H,27,33). The summed E-state index contributed by atoms with van der Waals surface area (Å²) >= 11 is 0. The van der Waals surface area contributed by atoms with Crippen molar-refractivity contribution in [3.63, 3.8) is 0 Å². The number of amides is 4. The molecule has 0 saturated carbocycles. The zero-order valence-electron chi connectivity index (χ0n) is 19.8. The Balaban J connectivity index is 1.32. The second kappa shape index (κ2) is 9.09. The van der Waals surface area contributed by atoms with Crippen LogP contribution in [-0.4, -0.2) is 82.4 Å². The lowest BCUT2D eigenvalue weighted by Crippen LogP contribution is -2.53. The van der Waals surface area contributed by atoms with Crippen molar-refractivity contribution in [3.8, 4) is 5.75 Å². The van der Waals surface area contributed by atoms with E-state index < -0.39 is 18.1 Å². The number of hydrogen-bond donors (Lipinski definition) is 2. The Hall–Kier alpha value is -3.82. The lowest BCUT2D eigenvalue weighted by molar-refractivity contribution is -0.144. The number of methoxy groups -OCH3 is 1. The first-order chi connectivity index (χ1) is 16.9. The smallest absolute Gasteiger partial charge is 0.268 e. The highest BCUT2D eigenvalue weighted by atomic mass is 16.5. The van der Waals surface area contributed by atoms with E-state index in [9.17, 15) is 19.2 Å². The maximum Gasteiger partial charge on any atom is 0.268 e. The van der Waals surface area contributed by atoms with Crippen molar-refractivity contribution in [1.82, 2.24) is 25.0 Å². The Labute approximate surface area is 203 Å². The van der Waals surface area contributed by atoms with Crippen molar-refractivity contribution >= 4 is 23.6 Å². The SMILES string of the molecule is COc1ccccc1CC(=O)N1CCC2NC(=O)C3CC(NC(=O)c4cccn4C)CN3C(=O)C21. The van der Waals surface area contributed by atoms with Gasteiger partial charge in [0.1, 0.15) is 23.5 Å². The number of fused-ring (bicyclic) bond motifs is 2. The molecule has 10 heteroatoms. The van der Waals surface area contributed by atoms with E-state index in [2.05, 4.69) is 10.6 Å². The van der Waals surface area contributed by atoms with Gasteiger partial charge >= 0.3 is 0 Å². The minimum atomic E-state index is -0.756. The minimum Gasteiger partial charge on any atom is -0.496 e. The molecule has 184 valence electrons. The molecule has 0 aliphatic carbocycles. The quantitative estimate of drug-likeness (QED) is 0.631. The van der Waals surface area contributed by atoms with Gasteiger partial charge in [0.25, 0.3) is 5.91 Å². The average molecular weight is 480 g/mol. The van der Waals surface area contributed by atoms with E-state index in [1.54, 1.807) is 48.0 Å². The zero-order valence-corrected chi connectivity index (χ0v) is 19.8. The molecule has 0 spiro atoms. The van der Waals surface area contributed by atoms with Crippen LogP contribution in [0, 0.1) is 0 Å². The average Bonchev–Trinajstić information content (AvgIpc) is 3.56. The van der Waals surface area contributed by atoms with Crippen molar-refractivity contribution in [3.05, 3.63) is 53.9 Å². The maximum absolute atomic E-state index is 13.7. The molecule has 4 atom stereocenters. The second-order valence-electron chi connectivity index (χ2n) is 9.34. The van der Waals surface area contributed by atoms with Gasteiger partial charge in [-0.3, -0.25) is 19.2 Å². The van der Waals surface area contributed by atoms with Gasteiger partial charge in [0.15, 0.2) is 0 Å². The van der Waals surface area contributed by atoms with Gasteiger partial charge in [0, 0.05) is 37.9 Å². The first-order valence-electron chi connectivity index (χ1n) is 11.8. The number of likely N-dealkylation sites (tertiary alicyclic amines) is 1. The van der Waals surface area contributed by atoms with Crippen LogP contribution in [0.5, 0.6) is 5.75 Å². The highest BCUT2D eigenvalue weighted by Gasteiger charge is 2.52. The summed E-state index contributed by atoms with van der Waals surface area (Å²) in [6, 6.07) is 8.61.